The van der Waals surface area contributed by atoms with E-state index in [0.29, 0.717) is 17.4 Å². The fraction of sp³-hybridized carbons (Fsp3) is 0.440. The zero-order valence-electron chi connectivity index (χ0n) is 19.4. The molecule has 0 saturated carbocycles. The van der Waals surface area contributed by atoms with E-state index in [1.165, 1.54) is 36.7 Å². The first-order chi connectivity index (χ1) is 15.8. The van der Waals surface area contributed by atoms with Gasteiger partial charge in [0.1, 0.15) is 0 Å². The first kappa shape index (κ1) is 25.0. The number of hydrogen-bond acceptors (Lipinski definition) is 5. The highest BCUT2D eigenvalue weighted by molar-refractivity contribution is 7.16. The first-order valence-electron chi connectivity index (χ1n) is 11.4. The van der Waals surface area contributed by atoms with Gasteiger partial charge in [-0.2, -0.15) is 13.2 Å². The van der Waals surface area contributed by atoms with Crippen molar-refractivity contribution < 1.29 is 13.2 Å². The van der Waals surface area contributed by atoms with Gasteiger partial charge in [-0.1, -0.05) is 39.0 Å². The number of nitrogens with zero attached hydrogens (tertiary/aromatic N) is 3. The molecule has 0 saturated heterocycles. The molecule has 0 aliphatic carbocycles. The number of nitrogens with one attached hydrogen (secondary N) is 1. The molecule has 0 aliphatic rings. The highest BCUT2D eigenvalue weighted by Crippen LogP contribution is 2.39. The molecule has 0 aliphatic heterocycles. The summed E-state index contributed by atoms with van der Waals surface area (Å²) in [6, 6.07) is 8.15. The Kier molecular flexibility index (Phi) is 8.72. The Morgan fingerprint density at radius 1 is 1.06 bits per heavy atom. The van der Waals surface area contributed by atoms with Crippen molar-refractivity contribution in [2.24, 2.45) is 0 Å². The number of pyridine rings is 1. The fourth-order valence-corrected chi connectivity index (χ4v) is 4.62. The smallest absolute Gasteiger partial charge is 0.374 e. The maximum absolute atomic E-state index is 13.9. The van der Waals surface area contributed by atoms with Crippen LogP contribution in [0.2, 0.25) is 0 Å². The summed E-state index contributed by atoms with van der Waals surface area (Å²) in [4.78, 5) is 11.4. The van der Waals surface area contributed by atoms with Crippen molar-refractivity contribution in [1.29, 1.82) is 0 Å². The Hall–Kier alpha value is -2.61. The average molecular weight is 477 g/mol. The van der Waals surface area contributed by atoms with Gasteiger partial charge in [-0.3, -0.25) is 4.98 Å². The molecule has 2 aromatic heterocycles. The van der Waals surface area contributed by atoms with Crippen molar-refractivity contribution in [3.8, 4) is 11.3 Å². The summed E-state index contributed by atoms with van der Waals surface area (Å²) in [6.07, 6.45) is 5.60. The lowest BCUT2D eigenvalue weighted by Crippen LogP contribution is -2.22. The van der Waals surface area contributed by atoms with E-state index in [1.807, 2.05) is 19.1 Å². The third-order valence-corrected chi connectivity index (χ3v) is 6.43. The van der Waals surface area contributed by atoms with Crippen LogP contribution in [0.3, 0.4) is 0 Å². The molecule has 8 heteroatoms. The summed E-state index contributed by atoms with van der Waals surface area (Å²) in [5.41, 5.74) is 1.59. The Labute approximate surface area is 197 Å². The maximum Gasteiger partial charge on any atom is 0.418 e. The van der Waals surface area contributed by atoms with Crippen LogP contribution in [0.5, 0.6) is 0 Å². The van der Waals surface area contributed by atoms with E-state index in [1.54, 1.807) is 36.5 Å². The van der Waals surface area contributed by atoms with Crippen molar-refractivity contribution in [3.05, 3.63) is 53.2 Å². The quantitative estimate of drug-likeness (QED) is 0.284. The van der Waals surface area contributed by atoms with Crippen LogP contribution in [0.15, 0.2) is 42.7 Å². The molecule has 3 aromatic rings. The zero-order chi connectivity index (χ0) is 23.8. The third kappa shape index (κ3) is 6.93. The van der Waals surface area contributed by atoms with Gasteiger partial charge in [0, 0.05) is 47.8 Å². The van der Waals surface area contributed by atoms with Crippen LogP contribution >= 0.6 is 11.3 Å². The van der Waals surface area contributed by atoms with Crippen molar-refractivity contribution in [1.82, 2.24) is 9.97 Å². The molecule has 0 spiro atoms. The lowest BCUT2D eigenvalue weighted by Gasteiger charge is -2.24. The molecule has 0 amide bonds. The van der Waals surface area contributed by atoms with E-state index in [-0.39, 0.29) is 5.69 Å². The number of unbranched alkanes of at least 4 members (excludes halogenated alkanes) is 5. The molecular weight excluding hydrogens is 445 g/mol. The summed E-state index contributed by atoms with van der Waals surface area (Å²) >= 11 is 1.41. The van der Waals surface area contributed by atoms with E-state index in [9.17, 15) is 13.2 Å². The van der Waals surface area contributed by atoms with E-state index < -0.39 is 11.7 Å². The molecule has 1 aromatic carbocycles. The van der Waals surface area contributed by atoms with Gasteiger partial charge in [0.25, 0.3) is 0 Å². The summed E-state index contributed by atoms with van der Waals surface area (Å²) < 4.78 is 41.6. The molecule has 2 heterocycles. The Bertz CT molecular complexity index is 1020. The number of benzene rings is 1. The van der Waals surface area contributed by atoms with Gasteiger partial charge in [0.05, 0.1) is 11.3 Å². The number of hydrogen-bond donors (Lipinski definition) is 1. The van der Waals surface area contributed by atoms with Gasteiger partial charge in [-0.25, -0.2) is 4.98 Å². The van der Waals surface area contributed by atoms with Crippen LogP contribution < -0.4 is 10.2 Å². The molecule has 0 unspecified atom stereocenters. The van der Waals surface area contributed by atoms with Crippen LogP contribution in [0, 0.1) is 6.92 Å². The summed E-state index contributed by atoms with van der Waals surface area (Å²) in [5, 5.41) is 3.60. The number of thiazole rings is 1. The van der Waals surface area contributed by atoms with Crippen LogP contribution in [-0.2, 0) is 6.18 Å². The molecule has 4 nitrogen and oxygen atoms in total. The molecule has 1 N–H and O–H groups in total. The molecule has 0 fully saturated rings. The number of aromatic nitrogens is 2. The van der Waals surface area contributed by atoms with Crippen LogP contribution in [-0.4, -0.2) is 23.6 Å². The van der Waals surface area contributed by atoms with Crippen molar-refractivity contribution >= 4 is 27.8 Å². The maximum atomic E-state index is 13.9. The predicted molar refractivity (Wildman–Crippen MR) is 131 cm³/mol. The summed E-state index contributed by atoms with van der Waals surface area (Å²) in [5.74, 6) is 0. The summed E-state index contributed by atoms with van der Waals surface area (Å²) in [6.45, 7) is 4.70. The van der Waals surface area contributed by atoms with E-state index in [0.717, 1.165) is 35.4 Å². The first-order valence-corrected chi connectivity index (χ1v) is 12.2. The van der Waals surface area contributed by atoms with Crippen molar-refractivity contribution in [2.75, 3.05) is 23.8 Å². The number of rotatable bonds is 11. The van der Waals surface area contributed by atoms with Crippen LogP contribution in [0.1, 0.15) is 55.9 Å². The third-order valence-electron chi connectivity index (χ3n) is 5.54. The molecule has 3 rings (SSSR count). The Morgan fingerprint density at radius 3 is 2.52 bits per heavy atom. The number of alkyl halides is 3. The predicted octanol–water partition coefficient (Wildman–Crippen LogP) is 8.07. The van der Waals surface area contributed by atoms with Crippen molar-refractivity contribution in [3.63, 3.8) is 0 Å². The number of anilines is 3. The lowest BCUT2D eigenvalue weighted by atomic mass is 10.1. The average Bonchev–Trinajstić information content (AvgIpc) is 3.15. The van der Waals surface area contributed by atoms with Gasteiger partial charge in [-0.15, -0.1) is 11.3 Å². The van der Waals surface area contributed by atoms with Crippen LogP contribution in [0.25, 0.3) is 11.3 Å². The van der Waals surface area contributed by atoms with Gasteiger partial charge < -0.3 is 10.2 Å². The zero-order valence-corrected chi connectivity index (χ0v) is 20.2. The standard InChI is InChI=1S/C25H31F3N4S/c1-4-5-6-7-8-9-15-32(3)22-13-12-20(16-21(22)25(26,27)28)30-24-31-23(18(2)33-24)19-11-10-14-29-17-19/h10-14,16-17H,4-9,15H2,1-3H3,(H,30,31). The largest absolute Gasteiger partial charge is 0.418 e. The van der Waals surface area contributed by atoms with Crippen LogP contribution in [0.4, 0.5) is 29.7 Å². The Balaban J connectivity index is 1.73. The number of halogens is 3. The minimum Gasteiger partial charge on any atom is -0.374 e. The Morgan fingerprint density at radius 2 is 1.82 bits per heavy atom. The van der Waals surface area contributed by atoms with Gasteiger partial charge in [0.2, 0.25) is 0 Å². The lowest BCUT2D eigenvalue weighted by molar-refractivity contribution is -0.137. The molecular formula is C25H31F3N4S. The fourth-order valence-electron chi connectivity index (χ4n) is 3.77. The normalized spacial score (nSPS) is 11.6. The monoisotopic (exact) mass is 476 g/mol. The van der Waals surface area contributed by atoms with E-state index >= 15 is 0 Å². The molecule has 0 atom stereocenters. The molecule has 33 heavy (non-hydrogen) atoms. The highest BCUT2D eigenvalue weighted by atomic mass is 32.1. The topological polar surface area (TPSA) is 41.0 Å². The van der Waals surface area contributed by atoms with E-state index in [4.69, 9.17) is 0 Å². The second kappa shape index (κ2) is 11.5. The van der Waals surface area contributed by atoms with Gasteiger partial charge in [0.15, 0.2) is 5.13 Å². The molecule has 0 radical (unpaired) electrons. The van der Waals surface area contributed by atoms with Gasteiger partial charge in [-0.05, 0) is 43.7 Å². The van der Waals surface area contributed by atoms with E-state index in [2.05, 4.69) is 22.2 Å². The minimum absolute atomic E-state index is 0.202. The minimum atomic E-state index is -4.44. The van der Waals surface area contributed by atoms with Crippen molar-refractivity contribution in [2.45, 2.75) is 58.5 Å². The number of aryl methyl sites for hydroxylation is 1. The SMILES string of the molecule is CCCCCCCCN(C)c1ccc(Nc2nc(-c3cccnc3)c(C)s2)cc1C(F)(F)F. The molecule has 178 valence electrons. The summed E-state index contributed by atoms with van der Waals surface area (Å²) in [7, 11) is 1.73. The second-order valence-corrected chi connectivity index (χ2v) is 9.41. The highest BCUT2D eigenvalue weighted by Gasteiger charge is 2.34. The second-order valence-electron chi connectivity index (χ2n) is 8.21. The molecule has 0 bridgehead atoms. The van der Waals surface area contributed by atoms with Gasteiger partial charge >= 0.3 is 6.18 Å².